The van der Waals surface area contributed by atoms with Gasteiger partial charge in [-0.2, -0.15) is 0 Å². The van der Waals surface area contributed by atoms with Gasteiger partial charge in [-0.25, -0.2) is 0 Å². The third-order valence-corrected chi connectivity index (χ3v) is 3.52. The SMILES string of the molecule is CCCCC1CNc2ccccc2C1C(=O)O. The second-order valence-electron chi connectivity index (χ2n) is 4.69. The summed E-state index contributed by atoms with van der Waals surface area (Å²) in [4.78, 5) is 11.5. The van der Waals surface area contributed by atoms with Crippen LogP contribution in [0.2, 0.25) is 0 Å². The third kappa shape index (κ3) is 2.43. The average Bonchev–Trinajstić information content (AvgIpc) is 2.35. The Balaban J connectivity index is 2.26. The molecule has 0 fully saturated rings. The number of benzene rings is 1. The van der Waals surface area contributed by atoms with Crippen molar-refractivity contribution in [3.8, 4) is 0 Å². The zero-order valence-corrected chi connectivity index (χ0v) is 10.1. The van der Waals surface area contributed by atoms with Gasteiger partial charge < -0.3 is 10.4 Å². The molecule has 17 heavy (non-hydrogen) atoms. The largest absolute Gasteiger partial charge is 0.481 e. The number of unbranched alkanes of at least 4 members (excludes halogenated alkanes) is 1. The maximum atomic E-state index is 11.5. The van der Waals surface area contributed by atoms with Gasteiger partial charge in [0.1, 0.15) is 0 Å². The van der Waals surface area contributed by atoms with Crippen LogP contribution < -0.4 is 5.32 Å². The summed E-state index contributed by atoms with van der Waals surface area (Å²) in [7, 11) is 0. The number of carbonyl (C=O) groups is 1. The highest BCUT2D eigenvalue weighted by Crippen LogP contribution is 2.37. The summed E-state index contributed by atoms with van der Waals surface area (Å²) in [6.45, 7) is 2.91. The van der Waals surface area contributed by atoms with Crippen molar-refractivity contribution >= 4 is 11.7 Å². The van der Waals surface area contributed by atoms with E-state index >= 15 is 0 Å². The summed E-state index contributed by atoms with van der Waals surface area (Å²) in [6, 6.07) is 7.75. The van der Waals surface area contributed by atoms with Gasteiger partial charge in [0.05, 0.1) is 5.92 Å². The van der Waals surface area contributed by atoms with Crippen LogP contribution >= 0.6 is 0 Å². The van der Waals surface area contributed by atoms with Crippen molar-refractivity contribution in [1.82, 2.24) is 0 Å². The molecule has 1 aliphatic heterocycles. The van der Waals surface area contributed by atoms with Gasteiger partial charge in [0.25, 0.3) is 0 Å². The predicted octanol–water partition coefficient (Wildman–Crippen LogP) is 3.09. The van der Waals surface area contributed by atoms with Crippen LogP contribution in [0.3, 0.4) is 0 Å². The summed E-state index contributed by atoms with van der Waals surface area (Å²) in [5.41, 5.74) is 1.92. The second-order valence-corrected chi connectivity index (χ2v) is 4.69. The van der Waals surface area contributed by atoms with Crippen molar-refractivity contribution in [3.63, 3.8) is 0 Å². The number of para-hydroxylation sites is 1. The second kappa shape index (κ2) is 5.21. The molecular weight excluding hydrogens is 214 g/mol. The van der Waals surface area contributed by atoms with Gasteiger partial charge in [0.2, 0.25) is 0 Å². The van der Waals surface area contributed by atoms with Gasteiger partial charge >= 0.3 is 5.97 Å². The average molecular weight is 233 g/mol. The predicted molar refractivity (Wildman–Crippen MR) is 68.3 cm³/mol. The maximum absolute atomic E-state index is 11.5. The first-order valence-electron chi connectivity index (χ1n) is 6.29. The Labute approximate surface area is 102 Å². The lowest BCUT2D eigenvalue weighted by atomic mass is 9.79. The van der Waals surface area contributed by atoms with Crippen molar-refractivity contribution < 1.29 is 9.90 Å². The van der Waals surface area contributed by atoms with Crippen LogP contribution in [0.25, 0.3) is 0 Å². The molecular formula is C14H19NO2. The van der Waals surface area contributed by atoms with Gasteiger partial charge in [-0.15, -0.1) is 0 Å². The van der Waals surface area contributed by atoms with E-state index in [2.05, 4.69) is 12.2 Å². The van der Waals surface area contributed by atoms with E-state index in [4.69, 9.17) is 0 Å². The number of hydrogen-bond donors (Lipinski definition) is 2. The van der Waals surface area contributed by atoms with Crippen LogP contribution in [0.15, 0.2) is 24.3 Å². The smallest absolute Gasteiger partial charge is 0.311 e. The number of aliphatic carboxylic acids is 1. The number of anilines is 1. The third-order valence-electron chi connectivity index (χ3n) is 3.52. The summed E-state index contributed by atoms with van der Waals surface area (Å²) in [5, 5.41) is 12.8. The molecule has 1 aromatic carbocycles. The molecule has 3 heteroatoms. The van der Waals surface area contributed by atoms with Gasteiger partial charge in [-0.3, -0.25) is 4.79 Å². The highest BCUT2D eigenvalue weighted by Gasteiger charge is 2.34. The molecule has 1 aromatic rings. The number of rotatable bonds is 4. The van der Waals surface area contributed by atoms with E-state index in [0.717, 1.165) is 37.1 Å². The summed E-state index contributed by atoms with van der Waals surface area (Å²) in [6.07, 6.45) is 3.19. The van der Waals surface area contributed by atoms with E-state index in [-0.39, 0.29) is 11.8 Å². The van der Waals surface area contributed by atoms with Gasteiger partial charge in [0, 0.05) is 12.2 Å². The fourth-order valence-corrected chi connectivity index (χ4v) is 2.61. The van der Waals surface area contributed by atoms with Gasteiger partial charge in [-0.1, -0.05) is 38.0 Å². The van der Waals surface area contributed by atoms with Crippen molar-refractivity contribution in [2.24, 2.45) is 5.92 Å². The molecule has 1 heterocycles. The molecule has 0 saturated carbocycles. The van der Waals surface area contributed by atoms with Crippen LogP contribution in [-0.4, -0.2) is 17.6 Å². The Hall–Kier alpha value is -1.51. The molecule has 2 unspecified atom stereocenters. The monoisotopic (exact) mass is 233 g/mol. The minimum atomic E-state index is -0.694. The lowest BCUT2D eigenvalue weighted by Gasteiger charge is -2.32. The lowest BCUT2D eigenvalue weighted by Crippen LogP contribution is -2.32. The van der Waals surface area contributed by atoms with Crippen LogP contribution in [-0.2, 0) is 4.79 Å². The normalized spacial score (nSPS) is 22.6. The first kappa shape index (κ1) is 12.0. The standard InChI is InChI=1S/C14H19NO2/c1-2-3-6-10-9-15-12-8-5-4-7-11(12)13(10)14(16)17/h4-5,7-8,10,13,15H,2-3,6,9H2,1H3,(H,16,17). The Morgan fingerprint density at radius 1 is 1.47 bits per heavy atom. The van der Waals surface area contributed by atoms with Gasteiger partial charge in [-0.05, 0) is 24.0 Å². The molecule has 0 amide bonds. The van der Waals surface area contributed by atoms with Crippen LogP contribution in [0.4, 0.5) is 5.69 Å². The minimum Gasteiger partial charge on any atom is -0.481 e. The number of hydrogen-bond acceptors (Lipinski definition) is 2. The number of carboxylic acid groups (broad SMARTS) is 1. The van der Waals surface area contributed by atoms with Crippen LogP contribution in [0.5, 0.6) is 0 Å². The van der Waals surface area contributed by atoms with E-state index in [1.54, 1.807) is 0 Å². The molecule has 0 radical (unpaired) electrons. The van der Waals surface area contributed by atoms with E-state index in [0.29, 0.717) is 0 Å². The minimum absolute atomic E-state index is 0.211. The molecule has 92 valence electrons. The quantitative estimate of drug-likeness (QED) is 0.840. The Kier molecular flexibility index (Phi) is 3.67. The molecule has 1 aliphatic rings. The molecule has 2 N–H and O–H groups in total. The molecule has 0 aliphatic carbocycles. The number of nitrogens with one attached hydrogen (secondary N) is 1. The Morgan fingerprint density at radius 2 is 2.24 bits per heavy atom. The highest BCUT2D eigenvalue weighted by atomic mass is 16.4. The molecule has 2 atom stereocenters. The van der Waals surface area contributed by atoms with E-state index in [1.165, 1.54) is 0 Å². The highest BCUT2D eigenvalue weighted by molar-refractivity contribution is 5.80. The topological polar surface area (TPSA) is 49.3 Å². The first-order valence-corrected chi connectivity index (χ1v) is 6.29. The maximum Gasteiger partial charge on any atom is 0.311 e. The number of carboxylic acids is 1. The summed E-state index contributed by atoms with van der Waals surface area (Å²) in [5.74, 6) is -0.832. The summed E-state index contributed by atoms with van der Waals surface area (Å²) < 4.78 is 0. The molecule has 0 bridgehead atoms. The molecule has 3 nitrogen and oxygen atoms in total. The Morgan fingerprint density at radius 3 is 2.94 bits per heavy atom. The van der Waals surface area contributed by atoms with Crippen molar-refractivity contribution in [2.45, 2.75) is 32.1 Å². The van der Waals surface area contributed by atoms with E-state index in [9.17, 15) is 9.90 Å². The zero-order chi connectivity index (χ0) is 12.3. The zero-order valence-electron chi connectivity index (χ0n) is 10.1. The molecule has 0 saturated heterocycles. The fourth-order valence-electron chi connectivity index (χ4n) is 2.61. The molecule has 0 spiro atoms. The lowest BCUT2D eigenvalue weighted by molar-refractivity contribution is -0.140. The Bertz CT molecular complexity index is 403. The molecule has 2 rings (SSSR count). The number of fused-ring (bicyclic) bond motifs is 1. The van der Waals surface area contributed by atoms with Crippen molar-refractivity contribution in [1.29, 1.82) is 0 Å². The summed E-state index contributed by atoms with van der Waals surface area (Å²) >= 11 is 0. The van der Waals surface area contributed by atoms with E-state index < -0.39 is 5.97 Å². The van der Waals surface area contributed by atoms with Crippen molar-refractivity contribution in [2.75, 3.05) is 11.9 Å². The van der Waals surface area contributed by atoms with Crippen LogP contribution in [0.1, 0.15) is 37.7 Å². The van der Waals surface area contributed by atoms with Gasteiger partial charge in [0.15, 0.2) is 0 Å². The fraction of sp³-hybridized carbons (Fsp3) is 0.500. The first-order chi connectivity index (χ1) is 8.24. The van der Waals surface area contributed by atoms with Crippen LogP contribution in [0, 0.1) is 5.92 Å². The van der Waals surface area contributed by atoms with Crippen molar-refractivity contribution in [3.05, 3.63) is 29.8 Å². The van der Waals surface area contributed by atoms with E-state index in [1.807, 2.05) is 24.3 Å². The molecule has 0 aromatic heterocycles.